The molecule has 0 spiro atoms. The number of nitrogens with zero attached hydrogens (tertiary/aromatic N) is 3. The molecule has 1 saturated carbocycles. The first-order chi connectivity index (χ1) is 9.53. The van der Waals surface area contributed by atoms with Crippen LogP contribution in [0.15, 0.2) is 18.6 Å². The normalized spacial score (nSPS) is 15.6. The van der Waals surface area contributed by atoms with Crippen LogP contribution in [-0.2, 0) is 6.54 Å². The highest BCUT2D eigenvalue weighted by Gasteiger charge is 2.30. The van der Waals surface area contributed by atoms with Gasteiger partial charge in [-0.25, -0.2) is 15.0 Å². The Bertz CT molecular complexity index is 582. The van der Waals surface area contributed by atoms with E-state index in [0.29, 0.717) is 5.92 Å². The molecule has 5 heteroatoms. The molecule has 0 atom stereocenters. The fourth-order valence-electron chi connectivity index (χ4n) is 2.04. The van der Waals surface area contributed by atoms with Gasteiger partial charge in [-0.3, -0.25) is 0 Å². The first-order valence-corrected chi connectivity index (χ1v) is 7.85. The molecule has 2 heterocycles. The molecule has 1 fully saturated rings. The van der Waals surface area contributed by atoms with Crippen LogP contribution in [-0.4, -0.2) is 20.5 Å². The Morgan fingerprint density at radius 2 is 2.15 bits per heavy atom. The third kappa shape index (κ3) is 3.22. The van der Waals surface area contributed by atoms with E-state index in [9.17, 15) is 0 Å². The summed E-state index contributed by atoms with van der Waals surface area (Å²) in [5, 5.41) is 4.58. The van der Waals surface area contributed by atoms with Gasteiger partial charge in [0.05, 0.1) is 5.69 Å². The molecular formula is C15H20N4S. The van der Waals surface area contributed by atoms with Crippen molar-refractivity contribution >= 4 is 11.3 Å². The van der Waals surface area contributed by atoms with Gasteiger partial charge in [0, 0.05) is 29.1 Å². The first kappa shape index (κ1) is 13.6. The molecule has 1 aliphatic rings. The van der Waals surface area contributed by atoms with E-state index in [1.54, 1.807) is 23.9 Å². The Hall–Kier alpha value is -1.33. The molecular weight excluding hydrogens is 268 g/mol. The Morgan fingerprint density at radius 1 is 1.35 bits per heavy atom. The maximum absolute atomic E-state index is 4.83. The van der Waals surface area contributed by atoms with E-state index in [4.69, 9.17) is 4.98 Å². The van der Waals surface area contributed by atoms with Gasteiger partial charge in [-0.15, -0.1) is 11.3 Å². The van der Waals surface area contributed by atoms with E-state index in [2.05, 4.69) is 36.1 Å². The maximum Gasteiger partial charge on any atom is 0.142 e. The standard InChI is InChI=1S/C15H20N4S/c1-15(2,3)18-8-12-13(10-4-5-10)19-14(20-12)11-6-7-16-9-17-11/h6-7,9-10,18H,4-5,8H2,1-3H3. The van der Waals surface area contributed by atoms with E-state index in [-0.39, 0.29) is 5.54 Å². The number of aromatic nitrogens is 3. The van der Waals surface area contributed by atoms with Gasteiger partial charge in [-0.1, -0.05) is 0 Å². The molecule has 0 unspecified atom stereocenters. The summed E-state index contributed by atoms with van der Waals surface area (Å²) in [6, 6.07) is 1.93. The highest BCUT2D eigenvalue weighted by molar-refractivity contribution is 7.15. The molecule has 2 aromatic rings. The molecule has 0 aromatic carbocycles. The molecule has 2 aromatic heterocycles. The van der Waals surface area contributed by atoms with E-state index < -0.39 is 0 Å². The van der Waals surface area contributed by atoms with Gasteiger partial charge in [0.15, 0.2) is 0 Å². The SMILES string of the molecule is CC(C)(C)NCc1sc(-c2ccncn2)nc1C1CC1. The van der Waals surface area contributed by atoms with E-state index in [0.717, 1.165) is 17.2 Å². The van der Waals surface area contributed by atoms with Crippen LogP contribution in [0.25, 0.3) is 10.7 Å². The van der Waals surface area contributed by atoms with Crippen molar-refractivity contribution in [3.8, 4) is 10.7 Å². The third-order valence-electron chi connectivity index (χ3n) is 3.27. The van der Waals surface area contributed by atoms with Crippen molar-refractivity contribution in [1.29, 1.82) is 0 Å². The van der Waals surface area contributed by atoms with Crippen molar-refractivity contribution in [3.05, 3.63) is 29.2 Å². The van der Waals surface area contributed by atoms with Crippen LogP contribution < -0.4 is 5.32 Å². The largest absolute Gasteiger partial charge is 0.307 e. The fourth-order valence-corrected chi connectivity index (χ4v) is 3.10. The van der Waals surface area contributed by atoms with Crippen molar-refractivity contribution in [2.75, 3.05) is 0 Å². The Kier molecular flexibility index (Phi) is 3.56. The van der Waals surface area contributed by atoms with E-state index in [1.165, 1.54) is 23.4 Å². The minimum absolute atomic E-state index is 0.125. The van der Waals surface area contributed by atoms with Crippen LogP contribution in [0.4, 0.5) is 0 Å². The highest BCUT2D eigenvalue weighted by Crippen LogP contribution is 2.44. The highest BCUT2D eigenvalue weighted by atomic mass is 32.1. The summed E-state index contributed by atoms with van der Waals surface area (Å²) >= 11 is 1.76. The zero-order valence-electron chi connectivity index (χ0n) is 12.2. The summed E-state index contributed by atoms with van der Waals surface area (Å²) in [4.78, 5) is 14.5. The maximum atomic E-state index is 4.83. The zero-order valence-corrected chi connectivity index (χ0v) is 13.0. The van der Waals surface area contributed by atoms with Crippen molar-refractivity contribution < 1.29 is 0 Å². The number of thiazole rings is 1. The lowest BCUT2D eigenvalue weighted by atomic mass is 10.1. The Labute approximate surface area is 123 Å². The number of hydrogen-bond donors (Lipinski definition) is 1. The minimum atomic E-state index is 0.125. The van der Waals surface area contributed by atoms with Crippen molar-refractivity contribution in [1.82, 2.24) is 20.3 Å². The first-order valence-electron chi connectivity index (χ1n) is 7.04. The molecule has 3 rings (SSSR count). The van der Waals surface area contributed by atoms with Crippen LogP contribution in [0, 0.1) is 0 Å². The summed E-state index contributed by atoms with van der Waals surface area (Å²) in [6.07, 6.45) is 5.90. The van der Waals surface area contributed by atoms with Crippen LogP contribution in [0.3, 0.4) is 0 Å². The van der Waals surface area contributed by atoms with Crippen molar-refractivity contribution in [2.24, 2.45) is 0 Å². The molecule has 0 radical (unpaired) electrons. The topological polar surface area (TPSA) is 50.7 Å². The average molecular weight is 288 g/mol. The second-order valence-corrected chi connectivity index (χ2v) is 7.38. The molecule has 0 aliphatic heterocycles. The summed E-state index contributed by atoms with van der Waals surface area (Å²) < 4.78 is 0. The predicted octanol–water partition coefficient (Wildman–Crippen LogP) is 3.37. The second kappa shape index (κ2) is 5.22. The van der Waals surface area contributed by atoms with Crippen LogP contribution in [0.2, 0.25) is 0 Å². The Morgan fingerprint density at radius 3 is 2.75 bits per heavy atom. The van der Waals surface area contributed by atoms with Crippen LogP contribution in [0.5, 0.6) is 0 Å². The van der Waals surface area contributed by atoms with Gasteiger partial charge in [0.25, 0.3) is 0 Å². The molecule has 0 saturated heterocycles. The molecule has 0 bridgehead atoms. The fraction of sp³-hybridized carbons (Fsp3) is 0.533. The summed E-state index contributed by atoms with van der Waals surface area (Å²) in [5.41, 5.74) is 2.33. The zero-order chi connectivity index (χ0) is 14.2. The number of rotatable bonds is 4. The molecule has 1 N–H and O–H groups in total. The number of hydrogen-bond acceptors (Lipinski definition) is 5. The molecule has 20 heavy (non-hydrogen) atoms. The Balaban J connectivity index is 1.87. The monoisotopic (exact) mass is 288 g/mol. The van der Waals surface area contributed by atoms with Crippen LogP contribution >= 0.6 is 11.3 Å². The van der Waals surface area contributed by atoms with Gasteiger partial charge < -0.3 is 5.32 Å². The van der Waals surface area contributed by atoms with Crippen LogP contribution in [0.1, 0.15) is 50.1 Å². The molecule has 1 aliphatic carbocycles. The average Bonchev–Trinajstić information content (AvgIpc) is 3.17. The summed E-state index contributed by atoms with van der Waals surface area (Å²) in [5.74, 6) is 0.665. The van der Waals surface area contributed by atoms with Crippen molar-refractivity contribution in [3.63, 3.8) is 0 Å². The van der Waals surface area contributed by atoms with E-state index in [1.807, 2.05) is 6.07 Å². The lowest BCUT2D eigenvalue weighted by Crippen LogP contribution is -2.35. The van der Waals surface area contributed by atoms with E-state index >= 15 is 0 Å². The summed E-state index contributed by atoms with van der Waals surface area (Å²) in [7, 11) is 0. The molecule has 106 valence electrons. The predicted molar refractivity (Wildman–Crippen MR) is 81.7 cm³/mol. The van der Waals surface area contributed by atoms with Gasteiger partial charge in [0.2, 0.25) is 0 Å². The van der Waals surface area contributed by atoms with Gasteiger partial charge in [-0.05, 0) is 39.7 Å². The lowest BCUT2D eigenvalue weighted by Gasteiger charge is -2.20. The quantitative estimate of drug-likeness (QED) is 0.937. The molecule has 4 nitrogen and oxygen atoms in total. The van der Waals surface area contributed by atoms with Gasteiger partial charge >= 0.3 is 0 Å². The third-order valence-corrected chi connectivity index (χ3v) is 4.37. The second-order valence-electron chi connectivity index (χ2n) is 6.30. The van der Waals surface area contributed by atoms with Gasteiger partial charge in [-0.2, -0.15) is 0 Å². The van der Waals surface area contributed by atoms with Crippen molar-refractivity contribution in [2.45, 2.75) is 51.6 Å². The summed E-state index contributed by atoms with van der Waals surface area (Å²) in [6.45, 7) is 7.46. The minimum Gasteiger partial charge on any atom is -0.307 e. The number of nitrogens with one attached hydrogen (secondary N) is 1. The van der Waals surface area contributed by atoms with Gasteiger partial charge in [0.1, 0.15) is 17.0 Å². The molecule has 0 amide bonds. The smallest absolute Gasteiger partial charge is 0.142 e. The lowest BCUT2D eigenvalue weighted by molar-refractivity contribution is 0.425.